The molecule has 0 aliphatic rings. The molecule has 24 heavy (non-hydrogen) atoms. The third kappa shape index (κ3) is 16.3. The normalized spacial score (nSPS) is 14.2. The molecule has 0 aliphatic carbocycles. The predicted molar refractivity (Wildman–Crippen MR) is 95.5 cm³/mol. The van der Waals surface area contributed by atoms with Gasteiger partial charge in [-0.25, -0.2) is 8.42 Å². The van der Waals surface area contributed by atoms with Crippen molar-refractivity contribution in [1.82, 2.24) is 0 Å². The second kappa shape index (κ2) is 17.3. The molecule has 0 saturated carbocycles. The third-order valence-corrected chi connectivity index (χ3v) is 5.79. The van der Waals surface area contributed by atoms with Gasteiger partial charge in [-0.05, 0) is 19.3 Å². The fraction of sp³-hybridized carbons (Fsp3) is 1.00. The van der Waals surface area contributed by atoms with Gasteiger partial charge in [0.2, 0.25) is 0 Å². The smallest absolute Gasteiger partial charge is 0.748 e. The third-order valence-electron chi connectivity index (χ3n) is 4.54. The van der Waals surface area contributed by atoms with Crippen LogP contribution < -0.4 is 29.6 Å². The topological polar surface area (TPSA) is 77.4 Å². The zero-order valence-corrected chi connectivity index (χ0v) is 19.0. The molecule has 0 spiro atoms. The summed E-state index contributed by atoms with van der Waals surface area (Å²) >= 11 is 0. The average Bonchev–Trinajstić information content (AvgIpc) is 2.50. The van der Waals surface area contributed by atoms with Crippen molar-refractivity contribution in [2.24, 2.45) is 0 Å². The quantitative estimate of drug-likeness (QED) is 0.254. The summed E-state index contributed by atoms with van der Waals surface area (Å²) in [5, 5.41) is 8.65. The van der Waals surface area contributed by atoms with Gasteiger partial charge in [-0.1, -0.05) is 84.5 Å². The molecule has 0 bridgehead atoms. The first-order valence-electron chi connectivity index (χ1n) is 9.54. The van der Waals surface area contributed by atoms with Crippen molar-refractivity contribution in [2.45, 2.75) is 115 Å². The van der Waals surface area contributed by atoms with Gasteiger partial charge in [0, 0.05) is 0 Å². The van der Waals surface area contributed by atoms with Crippen LogP contribution in [0.5, 0.6) is 0 Å². The molecule has 0 rings (SSSR count). The summed E-state index contributed by atoms with van der Waals surface area (Å²) in [5.74, 6) is 0. The van der Waals surface area contributed by atoms with Gasteiger partial charge in [-0.2, -0.15) is 0 Å². The Kier molecular flexibility index (Phi) is 19.5. The summed E-state index contributed by atoms with van der Waals surface area (Å²) in [6.07, 6.45) is 13.5. The predicted octanol–water partition coefficient (Wildman–Crippen LogP) is 1.77. The SMILES string of the molecule is CCCCCCCCCCCCCC(CC(O)CC)S(=O)(=O)[O-].[Na+]. The van der Waals surface area contributed by atoms with Crippen LogP contribution in [-0.4, -0.2) is 29.4 Å². The Morgan fingerprint density at radius 2 is 1.25 bits per heavy atom. The van der Waals surface area contributed by atoms with E-state index in [1.165, 1.54) is 51.4 Å². The van der Waals surface area contributed by atoms with E-state index in [4.69, 9.17) is 0 Å². The molecule has 1 N–H and O–H groups in total. The second-order valence-corrected chi connectivity index (χ2v) is 8.39. The van der Waals surface area contributed by atoms with Crippen LogP contribution in [0.25, 0.3) is 0 Å². The molecule has 2 atom stereocenters. The van der Waals surface area contributed by atoms with E-state index < -0.39 is 21.5 Å². The van der Waals surface area contributed by atoms with E-state index in [1.54, 1.807) is 6.92 Å². The molecule has 6 heteroatoms. The van der Waals surface area contributed by atoms with Crippen molar-refractivity contribution >= 4 is 10.1 Å². The minimum atomic E-state index is -4.29. The molecular weight excluding hydrogens is 335 g/mol. The largest absolute Gasteiger partial charge is 1.00 e. The van der Waals surface area contributed by atoms with Crippen LogP contribution in [0.1, 0.15) is 104 Å². The molecule has 0 saturated heterocycles. The van der Waals surface area contributed by atoms with E-state index in [9.17, 15) is 18.1 Å². The van der Waals surface area contributed by atoms with Crippen molar-refractivity contribution in [1.29, 1.82) is 0 Å². The molecule has 0 aromatic rings. The van der Waals surface area contributed by atoms with E-state index in [-0.39, 0.29) is 36.0 Å². The fourth-order valence-electron chi connectivity index (χ4n) is 2.89. The molecule has 0 heterocycles. The Labute approximate surface area is 172 Å². The maximum absolute atomic E-state index is 11.2. The number of unbranched alkanes of at least 4 members (excludes halogenated alkanes) is 10. The first kappa shape index (κ1) is 27.1. The Morgan fingerprint density at radius 3 is 1.62 bits per heavy atom. The van der Waals surface area contributed by atoms with Gasteiger partial charge in [0.1, 0.15) is 0 Å². The van der Waals surface area contributed by atoms with Gasteiger partial charge in [-0.15, -0.1) is 0 Å². The molecule has 0 fully saturated rings. The van der Waals surface area contributed by atoms with E-state index in [1.807, 2.05) is 0 Å². The maximum atomic E-state index is 11.2. The van der Waals surface area contributed by atoms with E-state index in [2.05, 4.69) is 6.92 Å². The second-order valence-electron chi connectivity index (χ2n) is 6.74. The Bertz CT molecular complexity index is 360. The molecule has 0 aliphatic heterocycles. The molecule has 2 unspecified atom stereocenters. The van der Waals surface area contributed by atoms with E-state index in [0.717, 1.165) is 19.3 Å². The summed E-state index contributed by atoms with van der Waals surface area (Å²) in [4.78, 5) is 0. The zero-order valence-electron chi connectivity index (χ0n) is 16.1. The number of rotatable bonds is 16. The van der Waals surface area contributed by atoms with Crippen molar-refractivity contribution in [2.75, 3.05) is 0 Å². The van der Waals surface area contributed by atoms with Gasteiger partial charge < -0.3 is 9.66 Å². The summed E-state index contributed by atoms with van der Waals surface area (Å²) in [6, 6.07) is 0. The van der Waals surface area contributed by atoms with Crippen LogP contribution in [0, 0.1) is 0 Å². The Morgan fingerprint density at radius 1 is 0.833 bits per heavy atom. The fourth-order valence-corrected chi connectivity index (χ4v) is 3.80. The number of aliphatic hydroxyl groups is 1. The number of hydrogen-bond donors (Lipinski definition) is 1. The zero-order chi connectivity index (χ0) is 17.6. The summed E-state index contributed by atoms with van der Waals surface area (Å²) in [5.41, 5.74) is 0. The molecule has 0 aromatic carbocycles. The Hall–Kier alpha value is 0.870. The molecule has 0 aromatic heterocycles. The minimum Gasteiger partial charge on any atom is -0.748 e. The van der Waals surface area contributed by atoms with Crippen molar-refractivity contribution in [3.63, 3.8) is 0 Å². The first-order valence-corrected chi connectivity index (χ1v) is 11.0. The van der Waals surface area contributed by atoms with Crippen molar-refractivity contribution in [3.05, 3.63) is 0 Å². The minimum absolute atomic E-state index is 0. The van der Waals surface area contributed by atoms with Crippen LogP contribution in [0.2, 0.25) is 0 Å². The van der Waals surface area contributed by atoms with Gasteiger partial charge >= 0.3 is 29.6 Å². The molecular formula is C18H37NaO4S. The summed E-state index contributed by atoms with van der Waals surface area (Å²) in [6.45, 7) is 4.02. The molecule has 140 valence electrons. The Balaban J connectivity index is 0. The average molecular weight is 373 g/mol. The van der Waals surface area contributed by atoms with Gasteiger partial charge in [-0.3, -0.25) is 0 Å². The number of aliphatic hydroxyl groups excluding tert-OH is 1. The summed E-state index contributed by atoms with van der Waals surface area (Å²) in [7, 11) is -4.29. The van der Waals surface area contributed by atoms with Crippen LogP contribution in [0.3, 0.4) is 0 Å². The van der Waals surface area contributed by atoms with Crippen molar-refractivity contribution < 1.29 is 47.6 Å². The number of hydrogen-bond acceptors (Lipinski definition) is 4. The van der Waals surface area contributed by atoms with E-state index >= 15 is 0 Å². The first-order chi connectivity index (χ1) is 10.9. The van der Waals surface area contributed by atoms with Crippen LogP contribution in [-0.2, 0) is 10.1 Å². The van der Waals surface area contributed by atoms with Crippen molar-refractivity contribution in [3.8, 4) is 0 Å². The maximum Gasteiger partial charge on any atom is 1.00 e. The van der Waals surface area contributed by atoms with Gasteiger partial charge in [0.25, 0.3) is 0 Å². The van der Waals surface area contributed by atoms with Crippen LogP contribution in [0.4, 0.5) is 0 Å². The molecule has 4 nitrogen and oxygen atoms in total. The molecule has 0 radical (unpaired) electrons. The monoisotopic (exact) mass is 372 g/mol. The summed E-state index contributed by atoms with van der Waals surface area (Å²) < 4.78 is 33.7. The standard InChI is InChI=1S/C18H38O4S.Na/c1-3-5-6-7-8-9-10-11-12-13-14-15-18(23(20,21)22)16-17(19)4-2;/h17-19H,3-16H2,1-2H3,(H,20,21,22);/q;+1/p-1. The molecule has 0 amide bonds. The van der Waals surface area contributed by atoms with Crippen LogP contribution >= 0.6 is 0 Å². The van der Waals surface area contributed by atoms with Gasteiger partial charge in [0.15, 0.2) is 0 Å². The van der Waals surface area contributed by atoms with E-state index in [0.29, 0.717) is 12.8 Å². The van der Waals surface area contributed by atoms with Gasteiger partial charge in [0.05, 0.1) is 21.5 Å². The van der Waals surface area contributed by atoms with Crippen LogP contribution in [0.15, 0.2) is 0 Å².